The van der Waals surface area contributed by atoms with Crippen LogP contribution >= 0.6 is 0 Å². The molecule has 2 amide bonds. The van der Waals surface area contributed by atoms with Gasteiger partial charge in [0, 0.05) is 23.6 Å². The highest BCUT2D eigenvalue weighted by atomic mass is 16.2. The molecule has 0 fully saturated rings. The third-order valence-electron chi connectivity index (χ3n) is 5.50. The Hall–Kier alpha value is -4.12. The van der Waals surface area contributed by atoms with Gasteiger partial charge in [0.15, 0.2) is 0 Å². The minimum Gasteiger partial charge on any atom is -0.300 e. The zero-order chi connectivity index (χ0) is 21.5. The Morgan fingerprint density at radius 2 is 1.45 bits per heavy atom. The molecule has 0 radical (unpaired) electrons. The van der Waals surface area contributed by atoms with E-state index in [9.17, 15) is 14.4 Å². The summed E-state index contributed by atoms with van der Waals surface area (Å²) in [6.07, 6.45) is 1.68. The van der Waals surface area contributed by atoms with Gasteiger partial charge in [-0.15, -0.1) is 0 Å². The van der Waals surface area contributed by atoms with Crippen LogP contribution in [0.1, 0.15) is 33.2 Å². The molecule has 150 valence electrons. The standard InChI is InChI=1S/C26H18N2O3/c1-16(29)15-20-22-23(26(31)28(25(22)30)18-11-6-3-7-12-18)21(17-9-4-2-5-10-17)19-13-8-14-27-24(19)20/h2-14H,15H2,1H3. The topological polar surface area (TPSA) is 67.3 Å². The van der Waals surface area contributed by atoms with Crippen LogP contribution in [-0.4, -0.2) is 22.6 Å². The molecule has 0 unspecified atom stereocenters. The van der Waals surface area contributed by atoms with Crippen molar-refractivity contribution in [2.75, 3.05) is 4.90 Å². The summed E-state index contributed by atoms with van der Waals surface area (Å²) in [5.41, 5.74) is 3.68. The van der Waals surface area contributed by atoms with Crippen LogP contribution in [0.3, 0.4) is 0 Å². The molecule has 0 spiro atoms. The molecule has 0 bridgehead atoms. The smallest absolute Gasteiger partial charge is 0.266 e. The summed E-state index contributed by atoms with van der Waals surface area (Å²) in [5.74, 6) is -0.909. The Morgan fingerprint density at radius 3 is 2.13 bits per heavy atom. The number of fused-ring (bicyclic) bond motifs is 2. The molecule has 1 aliphatic heterocycles. The van der Waals surface area contributed by atoms with E-state index in [1.54, 1.807) is 36.5 Å². The van der Waals surface area contributed by atoms with Crippen molar-refractivity contribution in [3.05, 3.63) is 95.7 Å². The number of nitrogens with zero attached hydrogens (tertiary/aromatic N) is 2. The largest absolute Gasteiger partial charge is 0.300 e. The van der Waals surface area contributed by atoms with Crippen LogP contribution in [0.15, 0.2) is 79.0 Å². The van der Waals surface area contributed by atoms with Gasteiger partial charge in [0.1, 0.15) is 5.78 Å². The maximum absolute atomic E-state index is 13.7. The summed E-state index contributed by atoms with van der Waals surface area (Å²) < 4.78 is 0. The highest BCUT2D eigenvalue weighted by molar-refractivity contribution is 6.38. The van der Waals surface area contributed by atoms with E-state index in [1.165, 1.54) is 11.8 Å². The van der Waals surface area contributed by atoms with Crippen LogP contribution in [0.5, 0.6) is 0 Å². The van der Waals surface area contributed by atoms with Crippen molar-refractivity contribution >= 4 is 34.2 Å². The van der Waals surface area contributed by atoms with E-state index < -0.39 is 5.91 Å². The van der Waals surface area contributed by atoms with Gasteiger partial charge in [0.05, 0.1) is 22.3 Å². The Labute approximate surface area is 179 Å². The molecular formula is C26H18N2O3. The van der Waals surface area contributed by atoms with Crippen molar-refractivity contribution in [3.63, 3.8) is 0 Å². The summed E-state index contributed by atoms with van der Waals surface area (Å²) in [5, 5.41) is 0.750. The minimum absolute atomic E-state index is 0.0343. The number of Topliss-reactive ketones (excluding diaryl/α,β-unsaturated/α-hetero) is 1. The average Bonchev–Trinajstić information content (AvgIpc) is 3.05. The van der Waals surface area contributed by atoms with E-state index >= 15 is 0 Å². The maximum Gasteiger partial charge on any atom is 0.266 e. The van der Waals surface area contributed by atoms with Crippen molar-refractivity contribution in [3.8, 4) is 11.1 Å². The molecule has 0 atom stereocenters. The second-order valence-corrected chi connectivity index (χ2v) is 7.53. The van der Waals surface area contributed by atoms with Crippen LogP contribution in [0, 0.1) is 0 Å². The van der Waals surface area contributed by atoms with Gasteiger partial charge in [-0.2, -0.15) is 0 Å². The van der Waals surface area contributed by atoms with Crippen LogP contribution in [0.2, 0.25) is 0 Å². The van der Waals surface area contributed by atoms with Crippen LogP contribution < -0.4 is 4.90 Å². The molecule has 3 aromatic carbocycles. The van der Waals surface area contributed by atoms with Gasteiger partial charge >= 0.3 is 0 Å². The van der Waals surface area contributed by atoms with Crippen molar-refractivity contribution in [1.29, 1.82) is 0 Å². The lowest BCUT2D eigenvalue weighted by atomic mass is 9.87. The minimum atomic E-state index is -0.424. The molecule has 0 N–H and O–H groups in total. The number of ketones is 1. The predicted molar refractivity (Wildman–Crippen MR) is 119 cm³/mol. The number of aromatic nitrogens is 1. The Morgan fingerprint density at radius 1 is 0.806 bits per heavy atom. The fourth-order valence-corrected chi connectivity index (χ4v) is 4.28. The van der Waals surface area contributed by atoms with Gasteiger partial charge in [-0.1, -0.05) is 54.6 Å². The molecular weight excluding hydrogens is 388 g/mol. The summed E-state index contributed by atoms with van der Waals surface area (Å²) in [4.78, 5) is 45.1. The third-order valence-corrected chi connectivity index (χ3v) is 5.50. The SMILES string of the molecule is CC(=O)Cc1c2c(c(-c3ccccc3)c3cccnc13)C(=O)N(c1ccccc1)C2=O. The number of amides is 2. The molecule has 5 rings (SSSR count). The number of hydrogen-bond donors (Lipinski definition) is 0. The van der Waals surface area contributed by atoms with Crippen LogP contribution in [-0.2, 0) is 11.2 Å². The number of anilines is 1. The number of imide groups is 1. The van der Waals surface area contributed by atoms with Gasteiger partial charge in [-0.05, 0) is 36.2 Å². The lowest BCUT2D eigenvalue weighted by Crippen LogP contribution is -2.29. The average molecular weight is 406 g/mol. The van der Waals surface area contributed by atoms with E-state index in [2.05, 4.69) is 4.98 Å². The van der Waals surface area contributed by atoms with Gasteiger partial charge < -0.3 is 0 Å². The molecule has 4 aromatic rings. The molecule has 0 saturated carbocycles. The molecule has 31 heavy (non-hydrogen) atoms. The second-order valence-electron chi connectivity index (χ2n) is 7.53. The van der Waals surface area contributed by atoms with E-state index in [0.717, 1.165) is 10.9 Å². The van der Waals surface area contributed by atoms with Gasteiger partial charge in [0.2, 0.25) is 0 Å². The van der Waals surface area contributed by atoms with Gasteiger partial charge in [-0.25, -0.2) is 4.90 Å². The Kier molecular flexibility index (Phi) is 4.44. The van der Waals surface area contributed by atoms with E-state index in [0.29, 0.717) is 27.9 Å². The molecule has 2 heterocycles. The summed E-state index contributed by atoms with van der Waals surface area (Å²) in [6.45, 7) is 1.47. The first-order chi connectivity index (χ1) is 15.1. The zero-order valence-electron chi connectivity index (χ0n) is 16.8. The lowest BCUT2D eigenvalue weighted by Gasteiger charge is -2.15. The number of carbonyl (C=O) groups excluding carboxylic acids is 3. The summed E-state index contributed by atoms with van der Waals surface area (Å²) in [6, 6.07) is 22.1. The first-order valence-corrected chi connectivity index (χ1v) is 10.00. The van der Waals surface area contributed by atoms with Crippen LogP contribution in [0.4, 0.5) is 5.69 Å². The number of rotatable bonds is 4. The van der Waals surface area contributed by atoms with Crippen molar-refractivity contribution in [1.82, 2.24) is 4.98 Å². The van der Waals surface area contributed by atoms with Gasteiger partial charge in [-0.3, -0.25) is 19.4 Å². The first kappa shape index (κ1) is 18.9. The van der Waals surface area contributed by atoms with Gasteiger partial charge in [0.25, 0.3) is 11.8 Å². The molecule has 1 aliphatic rings. The van der Waals surface area contributed by atoms with E-state index in [-0.39, 0.29) is 23.7 Å². The predicted octanol–water partition coefficient (Wildman–Crippen LogP) is 4.83. The zero-order valence-corrected chi connectivity index (χ0v) is 16.8. The summed E-state index contributed by atoms with van der Waals surface area (Å²) in [7, 11) is 0. The monoisotopic (exact) mass is 406 g/mol. The third kappa shape index (κ3) is 2.94. The Balaban J connectivity index is 1.91. The Bertz CT molecular complexity index is 1360. The molecule has 5 heteroatoms. The molecule has 1 aromatic heterocycles. The number of hydrogen-bond acceptors (Lipinski definition) is 4. The highest BCUT2D eigenvalue weighted by Crippen LogP contribution is 2.42. The normalized spacial score (nSPS) is 13.0. The molecule has 0 aliphatic carbocycles. The van der Waals surface area contributed by atoms with Crippen molar-refractivity contribution in [2.45, 2.75) is 13.3 Å². The molecule has 0 saturated heterocycles. The quantitative estimate of drug-likeness (QED) is 0.455. The fourth-order valence-electron chi connectivity index (χ4n) is 4.28. The van der Waals surface area contributed by atoms with E-state index in [1.807, 2.05) is 42.5 Å². The maximum atomic E-state index is 13.7. The summed E-state index contributed by atoms with van der Waals surface area (Å²) >= 11 is 0. The number of pyridine rings is 1. The highest BCUT2D eigenvalue weighted by Gasteiger charge is 2.42. The number of benzene rings is 3. The first-order valence-electron chi connectivity index (χ1n) is 10.00. The van der Waals surface area contributed by atoms with Crippen molar-refractivity contribution < 1.29 is 14.4 Å². The van der Waals surface area contributed by atoms with E-state index in [4.69, 9.17) is 0 Å². The lowest BCUT2D eigenvalue weighted by molar-refractivity contribution is -0.116. The van der Waals surface area contributed by atoms with Crippen LogP contribution in [0.25, 0.3) is 22.0 Å². The van der Waals surface area contributed by atoms with Crippen molar-refractivity contribution in [2.24, 2.45) is 0 Å². The second kappa shape index (κ2) is 7.29. The number of para-hydroxylation sites is 1. The fraction of sp³-hybridized carbons (Fsp3) is 0.0769. The number of carbonyl (C=O) groups is 3. The molecule has 5 nitrogen and oxygen atoms in total.